The van der Waals surface area contributed by atoms with Gasteiger partial charge < -0.3 is 4.74 Å². The normalized spacial score (nSPS) is 46.0. The van der Waals surface area contributed by atoms with E-state index >= 15 is 0 Å². The molecule has 30 heavy (non-hydrogen) atoms. The lowest BCUT2D eigenvalue weighted by Gasteiger charge is -2.61. The molecular formula is C25H41N3O2. The first-order valence-electron chi connectivity index (χ1n) is 12.5. The number of hydrogen-bond donors (Lipinski definition) is 0. The minimum Gasteiger partial charge on any atom is -0.462 e. The van der Waals surface area contributed by atoms with Crippen LogP contribution in [0.15, 0.2) is 5.11 Å². The quantitative estimate of drug-likeness (QED) is 0.212. The van der Waals surface area contributed by atoms with Gasteiger partial charge in [0.1, 0.15) is 12.6 Å². The van der Waals surface area contributed by atoms with Crippen molar-refractivity contribution >= 4 is 5.97 Å². The third kappa shape index (κ3) is 3.55. The van der Waals surface area contributed by atoms with E-state index in [1.54, 1.807) is 0 Å². The number of nitrogens with zero attached hydrogens (tertiary/aromatic N) is 3. The third-order valence-electron chi connectivity index (χ3n) is 10.6. The van der Waals surface area contributed by atoms with Crippen LogP contribution in [0.2, 0.25) is 0 Å². The van der Waals surface area contributed by atoms with Crippen LogP contribution in [0.4, 0.5) is 0 Å². The summed E-state index contributed by atoms with van der Waals surface area (Å²) < 4.78 is 5.66. The van der Waals surface area contributed by atoms with Gasteiger partial charge in [0.2, 0.25) is 0 Å². The van der Waals surface area contributed by atoms with E-state index in [1.165, 1.54) is 51.4 Å². The average molecular weight is 416 g/mol. The Labute approximate surface area is 182 Å². The molecule has 0 N–H and O–H groups in total. The van der Waals surface area contributed by atoms with Crippen LogP contribution in [0.25, 0.3) is 10.4 Å². The fourth-order valence-electron chi connectivity index (χ4n) is 8.90. The Kier molecular flexibility index (Phi) is 6.14. The van der Waals surface area contributed by atoms with E-state index in [0.29, 0.717) is 16.7 Å². The Morgan fingerprint density at radius 3 is 2.57 bits per heavy atom. The zero-order chi connectivity index (χ0) is 21.5. The first-order valence-corrected chi connectivity index (χ1v) is 12.5. The average Bonchev–Trinajstić information content (AvgIpc) is 3.09. The number of hydrogen-bond acceptors (Lipinski definition) is 3. The zero-order valence-electron chi connectivity index (χ0n) is 19.5. The largest absolute Gasteiger partial charge is 0.462 e. The molecule has 0 aromatic rings. The summed E-state index contributed by atoms with van der Waals surface area (Å²) in [4.78, 5) is 14.6. The van der Waals surface area contributed by atoms with E-state index in [0.717, 1.165) is 42.4 Å². The van der Waals surface area contributed by atoms with Crippen LogP contribution >= 0.6 is 0 Å². The first-order chi connectivity index (χ1) is 14.3. The second kappa shape index (κ2) is 8.37. The second-order valence-corrected chi connectivity index (χ2v) is 11.5. The molecule has 0 amide bonds. The topological polar surface area (TPSA) is 75.1 Å². The van der Waals surface area contributed by atoms with E-state index in [1.807, 2.05) is 0 Å². The van der Waals surface area contributed by atoms with Gasteiger partial charge in [-0.15, -0.1) is 0 Å². The number of ether oxygens (including phenoxy) is 1. The predicted octanol–water partition coefficient (Wildman–Crippen LogP) is 6.91. The molecule has 0 heterocycles. The van der Waals surface area contributed by atoms with Gasteiger partial charge in [-0.1, -0.05) is 39.2 Å². The lowest BCUT2D eigenvalue weighted by atomic mass is 9.44. The van der Waals surface area contributed by atoms with Gasteiger partial charge in [0, 0.05) is 4.91 Å². The molecule has 8 unspecified atom stereocenters. The van der Waals surface area contributed by atoms with Crippen LogP contribution in [-0.4, -0.2) is 18.6 Å². The highest BCUT2D eigenvalue weighted by Gasteiger charge is 2.60. The van der Waals surface area contributed by atoms with E-state index in [-0.39, 0.29) is 18.6 Å². The summed E-state index contributed by atoms with van der Waals surface area (Å²) in [5, 5.41) is 3.35. The van der Waals surface area contributed by atoms with Crippen molar-refractivity contribution in [3.63, 3.8) is 0 Å². The van der Waals surface area contributed by atoms with Gasteiger partial charge >= 0.3 is 5.97 Å². The molecule has 4 fully saturated rings. The Hall–Kier alpha value is -1.22. The van der Waals surface area contributed by atoms with Crippen molar-refractivity contribution in [3.05, 3.63) is 10.4 Å². The van der Waals surface area contributed by atoms with Crippen LogP contribution in [0.3, 0.4) is 0 Å². The summed E-state index contributed by atoms with van der Waals surface area (Å²) in [6.45, 7) is 9.89. The first kappa shape index (κ1) is 22.0. The number of esters is 1. The van der Waals surface area contributed by atoms with Gasteiger partial charge in [-0.3, -0.25) is 4.79 Å². The van der Waals surface area contributed by atoms with Gasteiger partial charge in [-0.05, 0) is 110 Å². The highest BCUT2D eigenvalue weighted by atomic mass is 16.5. The summed E-state index contributed by atoms with van der Waals surface area (Å²) >= 11 is 0. The number of azide groups is 1. The summed E-state index contributed by atoms with van der Waals surface area (Å²) in [5.41, 5.74) is 9.39. The Bertz CT molecular complexity index is 705. The Morgan fingerprint density at radius 1 is 1.10 bits per heavy atom. The monoisotopic (exact) mass is 415 g/mol. The molecule has 0 bridgehead atoms. The fourth-order valence-corrected chi connectivity index (χ4v) is 8.90. The number of carbonyl (C=O) groups is 1. The summed E-state index contributed by atoms with van der Waals surface area (Å²) in [7, 11) is 0. The zero-order valence-corrected chi connectivity index (χ0v) is 19.5. The smallest absolute Gasteiger partial charge is 0.311 e. The molecule has 168 valence electrons. The molecule has 0 aromatic carbocycles. The molecular weight excluding hydrogens is 374 g/mol. The minimum atomic E-state index is -0.370. The van der Waals surface area contributed by atoms with Gasteiger partial charge in [-0.25, -0.2) is 0 Å². The van der Waals surface area contributed by atoms with Gasteiger partial charge in [0.05, 0.1) is 0 Å². The van der Waals surface area contributed by atoms with Crippen molar-refractivity contribution < 1.29 is 9.53 Å². The van der Waals surface area contributed by atoms with E-state index in [2.05, 4.69) is 37.7 Å². The van der Waals surface area contributed by atoms with Crippen molar-refractivity contribution in [2.45, 2.75) is 98.0 Å². The van der Waals surface area contributed by atoms with Crippen molar-refractivity contribution in [1.82, 2.24) is 0 Å². The molecule has 0 saturated heterocycles. The number of fused-ring (bicyclic) bond motifs is 5. The van der Waals surface area contributed by atoms with E-state index < -0.39 is 0 Å². The number of rotatable bonds is 5. The van der Waals surface area contributed by atoms with Crippen molar-refractivity contribution in [2.24, 2.45) is 51.5 Å². The SMILES string of the molecule is CC[C@@H](C)C1CCC2C3CCC4CC(OC(=O)CN=[N+]=[N-])CCC4(C)C3CCC21C. The van der Waals surface area contributed by atoms with Crippen LogP contribution in [-0.2, 0) is 9.53 Å². The highest BCUT2D eigenvalue weighted by Crippen LogP contribution is 2.68. The summed E-state index contributed by atoms with van der Waals surface area (Å²) in [6, 6.07) is 0. The Morgan fingerprint density at radius 2 is 1.83 bits per heavy atom. The minimum absolute atomic E-state index is 0.0103. The lowest BCUT2D eigenvalue weighted by molar-refractivity contribution is -0.161. The maximum Gasteiger partial charge on any atom is 0.311 e. The predicted molar refractivity (Wildman–Crippen MR) is 119 cm³/mol. The summed E-state index contributed by atoms with van der Waals surface area (Å²) in [6.07, 6.45) is 12.9. The molecule has 9 atom stereocenters. The molecule has 5 nitrogen and oxygen atoms in total. The standard InChI is InChI=1S/C25H41N3O2/c1-5-16(2)20-8-9-21-19-7-6-17-14-18(30-23(29)15-27-28-26)10-12-24(17,3)22(19)11-13-25(20,21)4/h16-22H,5-15H2,1-4H3/t16-,17?,18?,19?,20?,21?,22?,24?,25?/m1/s1. The molecule has 4 saturated carbocycles. The molecule has 0 aromatic heterocycles. The maximum atomic E-state index is 11.9. The van der Waals surface area contributed by atoms with Crippen molar-refractivity contribution in [3.8, 4) is 0 Å². The second-order valence-electron chi connectivity index (χ2n) is 11.5. The van der Waals surface area contributed by atoms with Crippen LogP contribution in [0, 0.1) is 46.3 Å². The fraction of sp³-hybridized carbons (Fsp3) is 0.960. The van der Waals surface area contributed by atoms with E-state index in [9.17, 15) is 4.79 Å². The lowest BCUT2D eigenvalue weighted by Crippen LogP contribution is -2.54. The van der Waals surface area contributed by atoms with Crippen LogP contribution < -0.4 is 0 Å². The van der Waals surface area contributed by atoms with Gasteiger partial charge in [0.25, 0.3) is 0 Å². The number of carbonyl (C=O) groups excluding carboxylic acids is 1. The van der Waals surface area contributed by atoms with Crippen molar-refractivity contribution in [1.29, 1.82) is 0 Å². The summed E-state index contributed by atoms with van der Waals surface area (Å²) in [5.74, 6) is 4.76. The molecule has 0 radical (unpaired) electrons. The third-order valence-corrected chi connectivity index (χ3v) is 10.6. The van der Waals surface area contributed by atoms with Crippen molar-refractivity contribution in [2.75, 3.05) is 6.54 Å². The molecule has 0 spiro atoms. The molecule has 4 rings (SSSR count). The van der Waals surface area contributed by atoms with Crippen LogP contribution in [0.1, 0.15) is 91.9 Å². The van der Waals surface area contributed by atoms with E-state index in [4.69, 9.17) is 10.3 Å². The highest BCUT2D eigenvalue weighted by molar-refractivity contribution is 5.71. The Balaban J connectivity index is 1.45. The molecule has 4 aliphatic rings. The molecule has 4 aliphatic carbocycles. The maximum absolute atomic E-state index is 11.9. The molecule has 0 aliphatic heterocycles. The van der Waals surface area contributed by atoms with Crippen LogP contribution in [0.5, 0.6) is 0 Å². The molecule has 5 heteroatoms. The van der Waals surface area contributed by atoms with Gasteiger partial charge in [-0.2, -0.15) is 0 Å². The van der Waals surface area contributed by atoms with Gasteiger partial charge in [0.15, 0.2) is 0 Å².